The highest BCUT2D eigenvalue weighted by molar-refractivity contribution is 7.12. The van der Waals surface area contributed by atoms with Crippen molar-refractivity contribution in [3.05, 3.63) is 21.4 Å². The third-order valence-corrected chi connectivity index (χ3v) is 6.98. The molecule has 2 fully saturated rings. The molecule has 0 aromatic carbocycles. The van der Waals surface area contributed by atoms with Gasteiger partial charge in [0.25, 0.3) is 0 Å². The van der Waals surface area contributed by atoms with Crippen molar-refractivity contribution in [1.29, 1.82) is 0 Å². The molecule has 3 unspecified atom stereocenters. The Morgan fingerprint density at radius 1 is 1.43 bits per heavy atom. The summed E-state index contributed by atoms with van der Waals surface area (Å²) in [5.74, 6) is 0.514. The van der Waals surface area contributed by atoms with Gasteiger partial charge >= 0.3 is 0 Å². The minimum absolute atomic E-state index is 0.0619. The summed E-state index contributed by atoms with van der Waals surface area (Å²) in [6.07, 6.45) is 2.72. The van der Waals surface area contributed by atoms with Crippen LogP contribution in [0.5, 0.6) is 0 Å². The fourth-order valence-electron chi connectivity index (χ4n) is 4.15. The summed E-state index contributed by atoms with van der Waals surface area (Å²) < 4.78 is 5.97. The van der Waals surface area contributed by atoms with Crippen LogP contribution < -0.4 is 11.1 Å². The number of thiophene rings is 1. The van der Waals surface area contributed by atoms with Crippen LogP contribution in [0.25, 0.3) is 0 Å². The molecule has 0 amide bonds. The molecule has 0 spiro atoms. The smallest absolute Gasteiger partial charge is 0.0690 e. The van der Waals surface area contributed by atoms with Crippen LogP contribution >= 0.6 is 11.3 Å². The fraction of sp³-hybridized carbons (Fsp3) is 0.765. The molecule has 2 aliphatic rings. The maximum atomic E-state index is 6.80. The maximum absolute atomic E-state index is 6.80. The molecular formula is C17H28N2OS. The number of aryl methyl sites for hydroxylation is 2. The quantitative estimate of drug-likeness (QED) is 0.899. The van der Waals surface area contributed by atoms with Crippen LogP contribution in [0.3, 0.4) is 0 Å². The summed E-state index contributed by atoms with van der Waals surface area (Å²) in [7, 11) is 0. The Kier molecular flexibility index (Phi) is 3.93. The highest BCUT2D eigenvalue weighted by atomic mass is 32.1. The van der Waals surface area contributed by atoms with Gasteiger partial charge in [-0.3, -0.25) is 0 Å². The predicted octanol–water partition coefficient (Wildman–Crippen LogP) is 2.99. The number of fused-ring (bicyclic) bond motifs is 1. The number of hydrogen-bond donors (Lipinski definition) is 2. The zero-order chi connectivity index (χ0) is 15.3. The summed E-state index contributed by atoms with van der Waals surface area (Å²) in [5.41, 5.74) is 8.11. The van der Waals surface area contributed by atoms with E-state index in [-0.39, 0.29) is 11.0 Å². The van der Waals surface area contributed by atoms with Gasteiger partial charge in [-0.25, -0.2) is 0 Å². The van der Waals surface area contributed by atoms with Crippen molar-refractivity contribution in [3.8, 4) is 0 Å². The summed E-state index contributed by atoms with van der Waals surface area (Å²) in [6.45, 7) is 11.6. The second kappa shape index (κ2) is 5.34. The SMILES string of the molecule is Cc1cc(CNCC2(N)C3CCCOC3C2(C)C)sc1C. The van der Waals surface area contributed by atoms with Crippen molar-refractivity contribution in [3.63, 3.8) is 0 Å². The molecule has 1 aromatic heterocycles. The van der Waals surface area contributed by atoms with Crippen LogP contribution in [0.4, 0.5) is 0 Å². The second-order valence-electron chi connectivity index (χ2n) is 7.36. The first-order valence-electron chi connectivity index (χ1n) is 8.03. The molecule has 1 aromatic rings. The van der Waals surface area contributed by atoms with E-state index in [1.807, 2.05) is 11.3 Å². The molecule has 3 atom stereocenters. The maximum Gasteiger partial charge on any atom is 0.0690 e. The van der Waals surface area contributed by atoms with Crippen LogP contribution in [0, 0.1) is 25.2 Å². The minimum atomic E-state index is -0.139. The minimum Gasteiger partial charge on any atom is -0.377 e. The molecule has 1 aliphatic carbocycles. The lowest BCUT2D eigenvalue weighted by Crippen LogP contribution is -2.80. The van der Waals surface area contributed by atoms with E-state index in [1.165, 1.54) is 21.7 Å². The molecule has 21 heavy (non-hydrogen) atoms. The molecule has 3 nitrogen and oxygen atoms in total. The predicted molar refractivity (Wildman–Crippen MR) is 88.7 cm³/mol. The van der Waals surface area contributed by atoms with Crippen LogP contribution in [-0.2, 0) is 11.3 Å². The van der Waals surface area contributed by atoms with E-state index in [0.29, 0.717) is 12.0 Å². The molecule has 2 heterocycles. The van der Waals surface area contributed by atoms with E-state index in [0.717, 1.165) is 26.1 Å². The van der Waals surface area contributed by atoms with Gasteiger partial charge in [0.2, 0.25) is 0 Å². The van der Waals surface area contributed by atoms with E-state index in [2.05, 4.69) is 39.1 Å². The Bertz CT molecular complexity index is 505. The lowest BCUT2D eigenvalue weighted by molar-refractivity contribution is -0.225. The van der Waals surface area contributed by atoms with Gasteiger partial charge in [-0.1, -0.05) is 13.8 Å². The van der Waals surface area contributed by atoms with Crippen molar-refractivity contribution in [2.75, 3.05) is 13.2 Å². The first-order chi connectivity index (χ1) is 9.86. The van der Waals surface area contributed by atoms with Gasteiger partial charge in [0, 0.05) is 46.3 Å². The van der Waals surface area contributed by atoms with Gasteiger partial charge < -0.3 is 15.8 Å². The van der Waals surface area contributed by atoms with Gasteiger partial charge in [-0.15, -0.1) is 11.3 Å². The molecule has 1 saturated carbocycles. The first-order valence-corrected chi connectivity index (χ1v) is 8.85. The number of nitrogens with one attached hydrogen (secondary N) is 1. The highest BCUT2D eigenvalue weighted by Gasteiger charge is 2.65. The third kappa shape index (κ3) is 2.37. The highest BCUT2D eigenvalue weighted by Crippen LogP contribution is 2.57. The van der Waals surface area contributed by atoms with Crippen LogP contribution in [-0.4, -0.2) is 24.8 Å². The summed E-state index contributed by atoms with van der Waals surface area (Å²) in [5, 5.41) is 3.60. The zero-order valence-corrected chi connectivity index (χ0v) is 14.5. The normalized spacial score (nSPS) is 34.3. The van der Waals surface area contributed by atoms with Gasteiger partial charge in [-0.2, -0.15) is 0 Å². The Labute approximate surface area is 132 Å². The van der Waals surface area contributed by atoms with Gasteiger partial charge in [0.15, 0.2) is 0 Å². The monoisotopic (exact) mass is 308 g/mol. The van der Waals surface area contributed by atoms with E-state index in [1.54, 1.807) is 0 Å². The first kappa shape index (κ1) is 15.5. The summed E-state index contributed by atoms with van der Waals surface area (Å²) >= 11 is 1.89. The molecule has 3 N–H and O–H groups in total. The Morgan fingerprint density at radius 2 is 2.19 bits per heavy atom. The van der Waals surface area contributed by atoms with E-state index >= 15 is 0 Å². The molecule has 1 saturated heterocycles. The van der Waals surface area contributed by atoms with Crippen molar-refractivity contribution in [2.24, 2.45) is 17.1 Å². The van der Waals surface area contributed by atoms with Gasteiger partial charge in [-0.05, 0) is 38.3 Å². The zero-order valence-electron chi connectivity index (χ0n) is 13.7. The largest absolute Gasteiger partial charge is 0.377 e. The van der Waals surface area contributed by atoms with Crippen molar-refractivity contribution in [2.45, 2.75) is 58.7 Å². The number of rotatable bonds is 4. The molecule has 3 rings (SSSR count). The molecule has 4 heteroatoms. The Hall–Kier alpha value is -0.420. The van der Waals surface area contributed by atoms with Crippen LogP contribution in [0.1, 0.15) is 42.0 Å². The van der Waals surface area contributed by atoms with Crippen molar-refractivity contribution >= 4 is 11.3 Å². The fourth-order valence-corrected chi connectivity index (χ4v) is 5.18. The third-order valence-electron chi connectivity index (χ3n) is 5.83. The standard InChI is InChI=1S/C17H28N2OS/c1-11-8-13(21-12(11)2)9-19-10-17(18)14-6-5-7-20-15(14)16(17,3)4/h8,14-15,19H,5-7,9-10,18H2,1-4H3. The molecule has 0 radical (unpaired) electrons. The van der Waals surface area contributed by atoms with E-state index in [4.69, 9.17) is 10.5 Å². The van der Waals surface area contributed by atoms with Gasteiger partial charge in [0.05, 0.1) is 6.10 Å². The lowest BCUT2D eigenvalue weighted by Gasteiger charge is -2.66. The van der Waals surface area contributed by atoms with Crippen LogP contribution in [0.2, 0.25) is 0 Å². The lowest BCUT2D eigenvalue weighted by atomic mass is 9.46. The number of nitrogens with two attached hydrogens (primary N) is 1. The van der Waals surface area contributed by atoms with Crippen molar-refractivity contribution in [1.82, 2.24) is 5.32 Å². The van der Waals surface area contributed by atoms with Gasteiger partial charge in [0.1, 0.15) is 0 Å². The van der Waals surface area contributed by atoms with Crippen LogP contribution in [0.15, 0.2) is 6.07 Å². The second-order valence-corrected chi connectivity index (χ2v) is 8.70. The molecular weight excluding hydrogens is 280 g/mol. The average Bonchev–Trinajstić information content (AvgIpc) is 2.77. The van der Waals surface area contributed by atoms with Crippen molar-refractivity contribution < 1.29 is 4.74 Å². The molecule has 1 aliphatic heterocycles. The average molecular weight is 308 g/mol. The number of hydrogen-bond acceptors (Lipinski definition) is 4. The van der Waals surface area contributed by atoms with E-state index in [9.17, 15) is 0 Å². The Morgan fingerprint density at radius 3 is 2.86 bits per heavy atom. The summed E-state index contributed by atoms with van der Waals surface area (Å²) in [6, 6.07) is 2.29. The number of ether oxygens (including phenoxy) is 1. The molecule has 0 bridgehead atoms. The topological polar surface area (TPSA) is 47.3 Å². The molecule has 118 valence electrons. The Balaban J connectivity index is 1.61. The van der Waals surface area contributed by atoms with E-state index < -0.39 is 0 Å². The summed E-state index contributed by atoms with van der Waals surface area (Å²) in [4.78, 5) is 2.82.